The van der Waals surface area contributed by atoms with E-state index < -0.39 is 0 Å². The molecular formula is C21H31N3O. The van der Waals surface area contributed by atoms with Crippen LogP contribution in [0.2, 0.25) is 0 Å². The molecule has 4 nitrogen and oxygen atoms in total. The average Bonchev–Trinajstić information content (AvgIpc) is 2.89. The highest BCUT2D eigenvalue weighted by Gasteiger charge is 2.45. The molecule has 2 atom stereocenters. The van der Waals surface area contributed by atoms with E-state index in [-0.39, 0.29) is 5.41 Å². The van der Waals surface area contributed by atoms with Gasteiger partial charge in [0.15, 0.2) is 0 Å². The van der Waals surface area contributed by atoms with Crippen molar-refractivity contribution in [2.24, 2.45) is 11.3 Å². The van der Waals surface area contributed by atoms with Crippen LogP contribution in [0.3, 0.4) is 0 Å². The number of nitrogens with zero attached hydrogens (tertiary/aromatic N) is 3. The molecule has 4 fully saturated rings. The van der Waals surface area contributed by atoms with E-state index in [2.05, 4.69) is 47.9 Å². The second-order valence-corrected chi connectivity index (χ2v) is 8.85. The van der Waals surface area contributed by atoms with E-state index in [4.69, 9.17) is 0 Å². The second-order valence-electron chi connectivity index (χ2n) is 8.85. The third kappa shape index (κ3) is 3.23. The Morgan fingerprint density at radius 1 is 0.960 bits per heavy atom. The van der Waals surface area contributed by atoms with E-state index in [1.54, 1.807) is 0 Å². The van der Waals surface area contributed by atoms with E-state index in [0.717, 1.165) is 26.0 Å². The Kier molecular flexibility index (Phi) is 4.38. The molecular weight excluding hydrogens is 310 g/mol. The van der Waals surface area contributed by atoms with Crippen molar-refractivity contribution in [3.8, 4) is 0 Å². The Labute approximate surface area is 151 Å². The minimum atomic E-state index is 0.242. The lowest BCUT2D eigenvalue weighted by Gasteiger charge is -2.48. The van der Waals surface area contributed by atoms with E-state index in [9.17, 15) is 4.79 Å². The first-order valence-corrected chi connectivity index (χ1v) is 9.88. The Hall–Kier alpha value is -1.71. The summed E-state index contributed by atoms with van der Waals surface area (Å²) in [6.07, 6.45) is 6.25. The smallest absolute Gasteiger partial charge is 0.209 e. The number of piperidine rings is 2. The molecule has 25 heavy (non-hydrogen) atoms. The van der Waals surface area contributed by atoms with Gasteiger partial charge in [-0.25, -0.2) is 0 Å². The van der Waals surface area contributed by atoms with E-state index in [0.29, 0.717) is 12.0 Å². The summed E-state index contributed by atoms with van der Waals surface area (Å²) in [6.45, 7) is 9.94. The zero-order chi connectivity index (χ0) is 17.4. The van der Waals surface area contributed by atoms with E-state index >= 15 is 0 Å². The molecule has 4 heterocycles. The van der Waals surface area contributed by atoms with Gasteiger partial charge in [-0.1, -0.05) is 13.8 Å². The Morgan fingerprint density at radius 2 is 1.64 bits per heavy atom. The van der Waals surface area contributed by atoms with Crippen LogP contribution in [0.1, 0.15) is 39.5 Å². The summed E-state index contributed by atoms with van der Waals surface area (Å²) >= 11 is 0. The van der Waals surface area contributed by atoms with Gasteiger partial charge in [0.1, 0.15) is 0 Å². The Balaban J connectivity index is 1.57. The van der Waals surface area contributed by atoms with Crippen LogP contribution in [-0.4, -0.2) is 50.1 Å². The molecule has 5 rings (SSSR count). The van der Waals surface area contributed by atoms with Gasteiger partial charge in [0, 0.05) is 44.1 Å². The quantitative estimate of drug-likeness (QED) is 0.789. The summed E-state index contributed by atoms with van der Waals surface area (Å²) in [4.78, 5) is 18.5. The minimum absolute atomic E-state index is 0.242. The highest BCUT2D eigenvalue weighted by atomic mass is 16.1. The molecule has 0 saturated carbocycles. The van der Waals surface area contributed by atoms with Crippen LogP contribution in [0.25, 0.3) is 0 Å². The topological polar surface area (TPSA) is 26.8 Å². The maximum atomic E-state index is 11.4. The number of benzene rings is 1. The van der Waals surface area contributed by atoms with Crippen molar-refractivity contribution < 1.29 is 4.79 Å². The largest absolute Gasteiger partial charge is 0.372 e. The molecule has 1 aromatic carbocycles. The lowest BCUT2D eigenvalue weighted by molar-refractivity contribution is -0.118. The molecule has 4 aliphatic rings. The first kappa shape index (κ1) is 16.7. The molecule has 1 amide bonds. The molecule has 2 bridgehead atoms. The summed E-state index contributed by atoms with van der Waals surface area (Å²) in [5, 5.41) is 0. The number of rotatable bonds is 3. The zero-order valence-electron chi connectivity index (χ0n) is 15.7. The molecule has 1 aromatic rings. The van der Waals surface area contributed by atoms with Gasteiger partial charge in [0.25, 0.3) is 0 Å². The average molecular weight is 341 g/mol. The van der Waals surface area contributed by atoms with Crippen LogP contribution in [-0.2, 0) is 4.79 Å². The van der Waals surface area contributed by atoms with Crippen LogP contribution >= 0.6 is 0 Å². The fourth-order valence-corrected chi connectivity index (χ4v) is 5.25. The molecule has 0 N–H and O–H groups in total. The van der Waals surface area contributed by atoms with Crippen molar-refractivity contribution in [2.75, 3.05) is 42.5 Å². The summed E-state index contributed by atoms with van der Waals surface area (Å²) in [6, 6.07) is 9.59. The van der Waals surface area contributed by atoms with Gasteiger partial charge >= 0.3 is 0 Å². The van der Waals surface area contributed by atoms with Gasteiger partial charge in [-0.3, -0.25) is 4.79 Å². The van der Waals surface area contributed by atoms with Crippen molar-refractivity contribution in [1.29, 1.82) is 0 Å². The van der Waals surface area contributed by atoms with Gasteiger partial charge in [-0.2, -0.15) is 0 Å². The van der Waals surface area contributed by atoms with Gasteiger partial charge < -0.3 is 14.7 Å². The number of hydrogen-bond donors (Lipinski definition) is 0. The first-order valence-electron chi connectivity index (χ1n) is 9.88. The molecule has 136 valence electrons. The van der Waals surface area contributed by atoms with E-state index in [1.807, 2.05) is 4.90 Å². The highest BCUT2D eigenvalue weighted by molar-refractivity contribution is 5.58. The van der Waals surface area contributed by atoms with Crippen LogP contribution in [0.5, 0.6) is 0 Å². The summed E-state index contributed by atoms with van der Waals surface area (Å²) in [5.41, 5.74) is 2.92. The monoisotopic (exact) mass is 341 g/mol. The molecule has 0 radical (unpaired) electrons. The van der Waals surface area contributed by atoms with Crippen molar-refractivity contribution >= 4 is 17.8 Å². The third-order valence-corrected chi connectivity index (χ3v) is 6.50. The molecule has 0 aromatic heterocycles. The van der Waals surface area contributed by atoms with Crippen molar-refractivity contribution in [3.05, 3.63) is 24.3 Å². The van der Waals surface area contributed by atoms with Gasteiger partial charge in [0.05, 0.1) is 6.04 Å². The van der Waals surface area contributed by atoms with E-state index in [1.165, 1.54) is 50.1 Å². The SMILES string of the molecule is CC1(C)CC2CN(C=O)CC1N(c1ccc(N3CCCCC3)cc1)C2. The predicted molar refractivity (Wildman–Crippen MR) is 103 cm³/mol. The number of hydrogen-bond acceptors (Lipinski definition) is 3. The summed E-state index contributed by atoms with van der Waals surface area (Å²) in [5.74, 6) is 0.570. The molecule has 0 aliphatic carbocycles. The van der Waals surface area contributed by atoms with Crippen LogP contribution in [0, 0.1) is 11.3 Å². The number of carbonyl (C=O) groups is 1. The summed E-state index contributed by atoms with van der Waals surface area (Å²) < 4.78 is 0. The zero-order valence-corrected chi connectivity index (χ0v) is 15.7. The van der Waals surface area contributed by atoms with Crippen LogP contribution in [0.4, 0.5) is 11.4 Å². The van der Waals surface area contributed by atoms with Crippen LogP contribution < -0.4 is 9.80 Å². The second kappa shape index (κ2) is 6.54. The number of carbonyl (C=O) groups excluding carboxylic acids is 1. The summed E-state index contributed by atoms with van der Waals surface area (Å²) in [7, 11) is 0. The maximum Gasteiger partial charge on any atom is 0.209 e. The number of anilines is 2. The number of fused-ring (bicyclic) bond motifs is 4. The highest BCUT2D eigenvalue weighted by Crippen LogP contribution is 2.43. The normalized spacial score (nSPS) is 28.8. The third-order valence-electron chi connectivity index (χ3n) is 6.50. The molecule has 2 unspecified atom stereocenters. The van der Waals surface area contributed by atoms with Crippen molar-refractivity contribution in [1.82, 2.24) is 4.90 Å². The molecule has 4 aliphatic heterocycles. The Morgan fingerprint density at radius 3 is 2.32 bits per heavy atom. The Bertz CT molecular complexity index is 606. The molecule has 0 spiro atoms. The van der Waals surface area contributed by atoms with Gasteiger partial charge in [0.2, 0.25) is 6.41 Å². The van der Waals surface area contributed by atoms with Gasteiger partial charge in [-0.15, -0.1) is 0 Å². The maximum absolute atomic E-state index is 11.4. The standard InChI is InChI=1S/C21H31N3O/c1-21(2)12-17-13-22(16-25)15-20(21)24(14-17)19-8-6-18(7-9-19)23-10-4-3-5-11-23/h6-9,16-17,20H,3-5,10-15H2,1-2H3. The van der Waals surface area contributed by atoms with Gasteiger partial charge in [-0.05, 0) is 61.3 Å². The van der Waals surface area contributed by atoms with Crippen LogP contribution in [0.15, 0.2) is 24.3 Å². The fraction of sp³-hybridized carbons (Fsp3) is 0.667. The fourth-order valence-electron chi connectivity index (χ4n) is 5.25. The lowest BCUT2D eigenvalue weighted by atomic mass is 9.73. The molecule has 4 heteroatoms. The predicted octanol–water partition coefficient (Wildman–Crippen LogP) is 3.37. The van der Waals surface area contributed by atoms with Crippen molar-refractivity contribution in [2.45, 2.75) is 45.6 Å². The number of amides is 1. The first-order chi connectivity index (χ1) is 12.1. The molecule has 4 saturated heterocycles. The van der Waals surface area contributed by atoms with Crippen molar-refractivity contribution in [3.63, 3.8) is 0 Å². The minimum Gasteiger partial charge on any atom is -0.372 e. The lowest BCUT2D eigenvalue weighted by Crippen LogP contribution is -2.53.